The molecule has 2 amide bonds. The largest absolute Gasteiger partial charge is 0.382 e. The van der Waals surface area contributed by atoms with E-state index in [9.17, 15) is 9.59 Å². The van der Waals surface area contributed by atoms with Gasteiger partial charge in [0.05, 0.1) is 0 Å². The van der Waals surface area contributed by atoms with Crippen LogP contribution in [0.15, 0.2) is 0 Å². The maximum absolute atomic E-state index is 11.3. The minimum absolute atomic E-state index is 0.000372. The van der Waals surface area contributed by atoms with Crippen LogP contribution in [-0.4, -0.2) is 38.6 Å². The lowest BCUT2D eigenvalue weighted by molar-refractivity contribution is -0.122. The average Bonchev–Trinajstić information content (AvgIpc) is 2.28. The van der Waals surface area contributed by atoms with Crippen LogP contribution in [-0.2, 0) is 14.3 Å². The van der Waals surface area contributed by atoms with E-state index in [1.54, 1.807) is 7.05 Å². The number of carbonyl (C=O) groups is 2. The topological polar surface area (TPSA) is 67.4 Å². The number of hydrogen-bond acceptors (Lipinski definition) is 3. The normalized spacial score (nSPS) is 9.88. The lowest BCUT2D eigenvalue weighted by Gasteiger charge is -2.05. The molecular formula is C11H22N2O3. The van der Waals surface area contributed by atoms with Crippen molar-refractivity contribution in [3.63, 3.8) is 0 Å². The standard InChI is InChI=1S/C11H22N2O3/c1-3-16-9-5-8-13-11(15)7-4-6-10(14)12-2/h3-9H2,1-2H3,(H,12,14)(H,13,15). The van der Waals surface area contributed by atoms with Gasteiger partial charge in [0.2, 0.25) is 11.8 Å². The number of rotatable bonds is 9. The Morgan fingerprint density at radius 1 is 1.12 bits per heavy atom. The van der Waals surface area contributed by atoms with Gasteiger partial charge in [0.1, 0.15) is 0 Å². The van der Waals surface area contributed by atoms with Crippen molar-refractivity contribution < 1.29 is 14.3 Å². The molecule has 16 heavy (non-hydrogen) atoms. The van der Waals surface area contributed by atoms with Crippen LogP contribution < -0.4 is 10.6 Å². The molecule has 0 unspecified atom stereocenters. The van der Waals surface area contributed by atoms with Crippen LogP contribution in [0.4, 0.5) is 0 Å². The van der Waals surface area contributed by atoms with Crippen molar-refractivity contribution in [3.05, 3.63) is 0 Å². The Balaban J connectivity index is 3.28. The summed E-state index contributed by atoms with van der Waals surface area (Å²) in [6.45, 7) is 3.96. The summed E-state index contributed by atoms with van der Waals surface area (Å²) < 4.78 is 5.14. The molecule has 2 N–H and O–H groups in total. The second kappa shape index (κ2) is 10.4. The summed E-state index contributed by atoms with van der Waals surface area (Å²) in [5, 5.41) is 5.30. The molecule has 0 aliphatic carbocycles. The first-order chi connectivity index (χ1) is 7.70. The van der Waals surface area contributed by atoms with Crippen LogP contribution in [0, 0.1) is 0 Å². The zero-order valence-electron chi connectivity index (χ0n) is 10.2. The number of ether oxygens (including phenoxy) is 1. The summed E-state index contributed by atoms with van der Waals surface area (Å²) in [7, 11) is 1.59. The molecule has 0 heterocycles. The first-order valence-corrected chi connectivity index (χ1v) is 5.75. The quantitative estimate of drug-likeness (QED) is 0.565. The van der Waals surface area contributed by atoms with Gasteiger partial charge in [-0.25, -0.2) is 0 Å². The first-order valence-electron chi connectivity index (χ1n) is 5.75. The maximum Gasteiger partial charge on any atom is 0.220 e. The van der Waals surface area contributed by atoms with E-state index < -0.39 is 0 Å². The summed E-state index contributed by atoms with van der Waals surface area (Å²) in [5.74, 6) is -0.0236. The molecule has 0 aromatic rings. The third-order valence-corrected chi connectivity index (χ3v) is 2.08. The summed E-state index contributed by atoms with van der Waals surface area (Å²) in [6, 6.07) is 0. The molecule has 0 rings (SSSR count). The molecule has 0 aromatic carbocycles. The monoisotopic (exact) mass is 230 g/mol. The second-order valence-corrected chi connectivity index (χ2v) is 3.43. The molecule has 0 spiro atoms. The van der Waals surface area contributed by atoms with Crippen LogP contribution in [0.3, 0.4) is 0 Å². The number of amides is 2. The lowest BCUT2D eigenvalue weighted by Crippen LogP contribution is -2.25. The van der Waals surface area contributed by atoms with E-state index in [0.717, 1.165) is 6.42 Å². The van der Waals surface area contributed by atoms with Crippen molar-refractivity contribution in [1.82, 2.24) is 10.6 Å². The highest BCUT2D eigenvalue weighted by atomic mass is 16.5. The van der Waals surface area contributed by atoms with Gasteiger partial charge in [0, 0.05) is 39.6 Å². The van der Waals surface area contributed by atoms with Gasteiger partial charge in [-0.15, -0.1) is 0 Å². The SMILES string of the molecule is CCOCCCNC(=O)CCCC(=O)NC. The highest BCUT2D eigenvalue weighted by molar-refractivity contribution is 5.78. The average molecular weight is 230 g/mol. The first kappa shape index (κ1) is 14.9. The van der Waals surface area contributed by atoms with Gasteiger partial charge in [-0.2, -0.15) is 0 Å². The molecule has 5 heteroatoms. The summed E-state index contributed by atoms with van der Waals surface area (Å²) >= 11 is 0. The van der Waals surface area contributed by atoms with Gasteiger partial charge in [-0.05, 0) is 19.8 Å². The van der Waals surface area contributed by atoms with Crippen LogP contribution >= 0.6 is 0 Å². The molecule has 0 fully saturated rings. The van der Waals surface area contributed by atoms with Crippen molar-refractivity contribution in [1.29, 1.82) is 0 Å². The Bertz CT molecular complexity index is 207. The summed E-state index contributed by atoms with van der Waals surface area (Å²) in [6.07, 6.45) is 2.23. The fourth-order valence-electron chi connectivity index (χ4n) is 1.17. The van der Waals surface area contributed by atoms with Gasteiger partial charge in [0.25, 0.3) is 0 Å². The van der Waals surface area contributed by atoms with Crippen molar-refractivity contribution in [2.24, 2.45) is 0 Å². The second-order valence-electron chi connectivity index (χ2n) is 3.43. The molecule has 0 bridgehead atoms. The Labute approximate surface area is 96.9 Å². The van der Waals surface area contributed by atoms with E-state index in [0.29, 0.717) is 39.0 Å². The zero-order chi connectivity index (χ0) is 12.2. The maximum atomic E-state index is 11.3. The molecular weight excluding hydrogens is 208 g/mol. The van der Waals surface area contributed by atoms with Gasteiger partial charge in [0.15, 0.2) is 0 Å². The summed E-state index contributed by atoms with van der Waals surface area (Å²) in [5.41, 5.74) is 0. The molecule has 5 nitrogen and oxygen atoms in total. The molecule has 0 saturated heterocycles. The van der Waals surface area contributed by atoms with Crippen molar-refractivity contribution in [2.45, 2.75) is 32.6 Å². The fourth-order valence-corrected chi connectivity index (χ4v) is 1.17. The molecule has 94 valence electrons. The van der Waals surface area contributed by atoms with Gasteiger partial charge in [-0.3, -0.25) is 9.59 Å². The third-order valence-electron chi connectivity index (χ3n) is 2.08. The number of hydrogen-bond donors (Lipinski definition) is 2. The molecule has 0 aliphatic rings. The predicted molar refractivity (Wildman–Crippen MR) is 62.0 cm³/mol. The van der Waals surface area contributed by atoms with Crippen LogP contribution in [0.1, 0.15) is 32.6 Å². The number of carbonyl (C=O) groups excluding carboxylic acids is 2. The Morgan fingerprint density at radius 3 is 2.44 bits per heavy atom. The molecule has 0 aliphatic heterocycles. The summed E-state index contributed by atoms with van der Waals surface area (Å²) in [4.78, 5) is 22.1. The van der Waals surface area contributed by atoms with E-state index >= 15 is 0 Å². The highest BCUT2D eigenvalue weighted by Gasteiger charge is 2.02. The fraction of sp³-hybridized carbons (Fsp3) is 0.818. The van der Waals surface area contributed by atoms with E-state index in [2.05, 4.69) is 10.6 Å². The zero-order valence-corrected chi connectivity index (χ0v) is 10.2. The third kappa shape index (κ3) is 9.45. The Kier molecular flexibility index (Phi) is 9.70. The molecule has 0 radical (unpaired) electrons. The smallest absolute Gasteiger partial charge is 0.220 e. The van der Waals surface area contributed by atoms with Gasteiger partial charge in [-0.1, -0.05) is 0 Å². The predicted octanol–water partition coefficient (Wildman–Crippen LogP) is 0.446. The highest BCUT2D eigenvalue weighted by Crippen LogP contribution is 1.95. The Hall–Kier alpha value is -1.10. The molecule has 0 aromatic heterocycles. The van der Waals surface area contributed by atoms with Gasteiger partial charge >= 0.3 is 0 Å². The van der Waals surface area contributed by atoms with Crippen LogP contribution in [0.5, 0.6) is 0 Å². The van der Waals surface area contributed by atoms with Crippen molar-refractivity contribution in [3.8, 4) is 0 Å². The molecule has 0 saturated carbocycles. The van der Waals surface area contributed by atoms with E-state index in [1.165, 1.54) is 0 Å². The van der Waals surface area contributed by atoms with Crippen LogP contribution in [0.2, 0.25) is 0 Å². The van der Waals surface area contributed by atoms with E-state index in [4.69, 9.17) is 4.74 Å². The molecule has 0 atom stereocenters. The van der Waals surface area contributed by atoms with Crippen LogP contribution in [0.25, 0.3) is 0 Å². The van der Waals surface area contributed by atoms with E-state index in [-0.39, 0.29) is 11.8 Å². The lowest BCUT2D eigenvalue weighted by atomic mass is 10.2. The van der Waals surface area contributed by atoms with Gasteiger partial charge < -0.3 is 15.4 Å². The number of nitrogens with one attached hydrogen (secondary N) is 2. The minimum atomic E-state index is -0.0239. The Morgan fingerprint density at radius 2 is 1.81 bits per heavy atom. The van der Waals surface area contributed by atoms with Crippen molar-refractivity contribution in [2.75, 3.05) is 26.8 Å². The minimum Gasteiger partial charge on any atom is -0.382 e. The van der Waals surface area contributed by atoms with Crippen molar-refractivity contribution >= 4 is 11.8 Å². The van der Waals surface area contributed by atoms with E-state index in [1.807, 2.05) is 6.92 Å².